The topological polar surface area (TPSA) is 67.3 Å². The van der Waals surface area contributed by atoms with E-state index in [9.17, 15) is 4.79 Å². The van der Waals surface area contributed by atoms with E-state index in [0.717, 1.165) is 22.9 Å². The average molecular weight is 334 g/mol. The summed E-state index contributed by atoms with van der Waals surface area (Å²) >= 11 is 1.50. The van der Waals surface area contributed by atoms with Crippen LogP contribution in [0.1, 0.15) is 16.4 Å². The molecule has 0 aliphatic rings. The maximum Gasteiger partial charge on any atom is 0.226 e. The Morgan fingerprint density at radius 1 is 1.39 bits per heavy atom. The van der Waals surface area contributed by atoms with E-state index < -0.39 is 0 Å². The number of thiazole rings is 1. The van der Waals surface area contributed by atoms with Crippen LogP contribution in [0.15, 0.2) is 23.7 Å². The van der Waals surface area contributed by atoms with Gasteiger partial charge in [-0.05, 0) is 33.2 Å². The number of nitrogens with one attached hydrogen (secondary N) is 1. The first-order chi connectivity index (χ1) is 11.0. The molecule has 6 nitrogen and oxygen atoms in total. The molecule has 0 bridgehead atoms. The fourth-order valence-electron chi connectivity index (χ4n) is 1.83. The first-order valence-corrected chi connectivity index (χ1v) is 8.31. The van der Waals surface area contributed by atoms with Gasteiger partial charge in [0.25, 0.3) is 0 Å². The van der Waals surface area contributed by atoms with Crippen molar-refractivity contribution in [2.75, 3.05) is 27.2 Å². The molecule has 0 saturated heterocycles. The molecule has 0 aliphatic carbocycles. The number of hydrogen-bond acceptors (Lipinski definition) is 6. The quantitative estimate of drug-likeness (QED) is 0.795. The Bertz CT molecular complexity index is 625. The number of rotatable bonds is 8. The average Bonchev–Trinajstić information content (AvgIpc) is 2.93. The summed E-state index contributed by atoms with van der Waals surface area (Å²) in [6.45, 7) is 3.79. The summed E-state index contributed by atoms with van der Waals surface area (Å²) in [6, 6.07) is 3.79. The summed E-state index contributed by atoms with van der Waals surface area (Å²) in [5, 5.41) is 5.63. The molecule has 0 spiro atoms. The number of hydrogen-bond donors (Lipinski definition) is 1. The van der Waals surface area contributed by atoms with E-state index in [-0.39, 0.29) is 5.91 Å². The van der Waals surface area contributed by atoms with Gasteiger partial charge in [0.15, 0.2) is 0 Å². The summed E-state index contributed by atoms with van der Waals surface area (Å²) in [5.41, 5.74) is 1.73. The zero-order valence-electron chi connectivity index (χ0n) is 13.7. The second-order valence-electron chi connectivity index (χ2n) is 5.49. The van der Waals surface area contributed by atoms with Crippen molar-refractivity contribution in [1.82, 2.24) is 20.2 Å². The number of carbonyl (C=O) groups is 1. The van der Waals surface area contributed by atoms with Gasteiger partial charge in [0.05, 0.1) is 18.3 Å². The summed E-state index contributed by atoms with van der Waals surface area (Å²) in [5.74, 6) is 0.709. The van der Waals surface area contributed by atoms with E-state index in [1.165, 1.54) is 11.3 Å². The second-order valence-corrected chi connectivity index (χ2v) is 6.43. The highest BCUT2D eigenvalue weighted by Crippen LogP contribution is 2.15. The molecule has 0 aliphatic heterocycles. The van der Waals surface area contributed by atoms with Crippen LogP contribution in [-0.2, 0) is 17.8 Å². The number of aryl methyl sites for hydroxylation is 1. The van der Waals surface area contributed by atoms with E-state index in [1.807, 2.05) is 43.4 Å². The fourth-order valence-corrected chi connectivity index (χ4v) is 2.53. The molecule has 2 heterocycles. The van der Waals surface area contributed by atoms with Crippen molar-refractivity contribution in [3.8, 4) is 5.75 Å². The highest BCUT2D eigenvalue weighted by Gasteiger charge is 2.08. The maximum absolute atomic E-state index is 11.8. The number of ether oxygens (including phenoxy) is 1. The van der Waals surface area contributed by atoms with Crippen molar-refractivity contribution in [1.29, 1.82) is 0 Å². The van der Waals surface area contributed by atoms with E-state index in [2.05, 4.69) is 15.3 Å². The molecule has 2 aromatic rings. The molecule has 124 valence electrons. The van der Waals surface area contributed by atoms with E-state index >= 15 is 0 Å². The summed E-state index contributed by atoms with van der Waals surface area (Å²) in [6.07, 6.45) is 2.00. The minimum Gasteiger partial charge on any atom is -0.485 e. The van der Waals surface area contributed by atoms with Crippen LogP contribution < -0.4 is 10.1 Å². The largest absolute Gasteiger partial charge is 0.485 e. The summed E-state index contributed by atoms with van der Waals surface area (Å²) in [4.78, 5) is 22.4. The Labute approximate surface area is 140 Å². The number of aromatic nitrogens is 2. The Balaban J connectivity index is 1.76. The molecule has 0 unspecified atom stereocenters. The highest BCUT2D eigenvalue weighted by atomic mass is 32.1. The minimum absolute atomic E-state index is 0.00708. The van der Waals surface area contributed by atoms with Gasteiger partial charge in [0.1, 0.15) is 17.4 Å². The van der Waals surface area contributed by atoms with Crippen LogP contribution in [0.3, 0.4) is 0 Å². The number of nitrogens with zero attached hydrogens (tertiary/aromatic N) is 3. The summed E-state index contributed by atoms with van der Waals surface area (Å²) < 4.78 is 5.64. The van der Waals surface area contributed by atoms with Crippen LogP contribution in [0.4, 0.5) is 0 Å². The summed E-state index contributed by atoms with van der Waals surface area (Å²) in [7, 11) is 3.95. The molecular formula is C16H22N4O2S. The Kier molecular flexibility index (Phi) is 6.49. The van der Waals surface area contributed by atoms with Crippen molar-refractivity contribution in [3.63, 3.8) is 0 Å². The van der Waals surface area contributed by atoms with E-state index in [0.29, 0.717) is 25.3 Å². The van der Waals surface area contributed by atoms with Crippen LogP contribution in [0.2, 0.25) is 0 Å². The van der Waals surface area contributed by atoms with Gasteiger partial charge in [0, 0.05) is 24.2 Å². The van der Waals surface area contributed by atoms with Gasteiger partial charge in [-0.25, -0.2) is 4.98 Å². The van der Waals surface area contributed by atoms with Gasteiger partial charge in [-0.1, -0.05) is 0 Å². The molecule has 1 N–H and O–H groups in total. The monoisotopic (exact) mass is 334 g/mol. The second kappa shape index (κ2) is 8.59. The van der Waals surface area contributed by atoms with Crippen LogP contribution in [0.25, 0.3) is 0 Å². The third kappa shape index (κ3) is 6.33. The molecular weight excluding hydrogens is 312 g/mol. The van der Waals surface area contributed by atoms with Crippen molar-refractivity contribution < 1.29 is 9.53 Å². The van der Waals surface area contributed by atoms with Crippen molar-refractivity contribution in [3.05, 3.63) is 40.1 Å². The Morgan fingerprint density at radius 3 is 2.91 bits per heavy atom. The van der Waals surface area contributed by atoms with Crippen LogP contribution in [-0.4, -0.2) is 48.0 Å². The zero-order chi connectivity index (χ0) is 16.7. The fraction of sp³-hybridized carbons (Fsp3) is 0.438. The van der Waals surface area contributed by atoms with Crippen LogP contribution in [0, 0.1) is 6.92 Å². The van der Waals surface area contributed by atoms with Gasteiger partial charge in [-0.15, -0.1) is 11.3 Å². The molecule has 0 saturated carbocycles. The lowest BCUT2D eigenvalue weighted by atomic mass is 10.3. The van der Waals surface area contributed by atoms with E-state index in [1.54, 1.807) is 6.20 Å². The Morgan fingerprint density at radius 2 is 2.22 bits per heavy atom. The van der Waals surface area contributed by atoms with E-state index in [4.69, 9.17) is 4.74 Å². The molecule has 0 radical (unpaired) electrons. The lowest BCUT2D eigenvalue weighted by Gasteiger charge is -2.09. The predicted molar refractivity (Wildman–Crippen MR) is 90.7 cm³/mol. The first kappa shape index (κ1) is 17.4. The SMILES string of the molecule is Cc1ccc(OCc2nc(CC(=O)NCCN(C)C)cs2)cn1. The number of likely N-dealkylation sites (N-methyl/N-ethyl adjacent to an activating group) is 1. The van der Waals surface area contributed by atoms with Gasteiger partial charge in [-0.2, -0.15) is 0 Å². The van der Waals surface area contributed by atoms with Gasteiger partial charge < -0.3 is 15.0 Å². The molecule has 7 heteroatoms. The molecule has 0 aromatic carbocycles. The molecule has 2 rings (SSSR count). The molecule has 2 aromatic heterocycles. The standard InChI is InChI=1S/C16H22N4O2S/c1-12-4-5-14(9-18-12)22-10-16-19-13(11-23-16)8-15(21)17-6-7-20(2)3/h4-5,9,11H,6-8,10H2,1-3H3,(H,17,21). The van der Waals surface area contributed by atoms with Gasteiger partial charge in [0.2, 0.25) is 5.91 Å². The van der Waals surface area contributed by atoms with Crippen LogP contribution >= 0.6 is 11.3 Å². The molecule has 0 atom stereocenters. The minimum atomic E-state index is -0.00708. The van der Waals surface area contributed by atoms with Gasteiger partial charge in [-0.3, -0.25) is 9.78 Å². The smallest absolute Gasteiger partial charge is 0.226 e. The number of amides is 1. The highest BCUT2D eigenvalue weighted by molar-refractivity contribution is 7.09. The third-order valence-electron chi connectivity index (χ3n) is 3.07. The lowest BCUT2D eigenvalue weighted by Crippen LogP contribution is -2.32. The number of carbonyl (C=O) groups excluding carboxylic acids is 1. The van der Waals surface area contributed by atoms with Crippen LogP contribution in [0.5, 0.6) is 5.75 Å². The number of pyridine rings is 1. The maximum atomic E-state index is 11.8. The predicted octanol–water partition coefficient (Wildman–Crippen LogP) is 1.65. The molecule has 0 fully saturated rings. The lowest BCUT2D eigenvalue weighted by molar-refractivity contribution is -0.120. The third-order valence-corrected chi connectivity index (χ3v) is 3.94. The van der Waals surface area contributed by atoms with Crippen molar-refractivity contribution >= 4 is 17.2 Å². The van der Waals surface area contributed by atoms with Crippen molar-refractivity contribution in [2.45, 2.75) is 20.0 Å². The molecule has 23 heavy (non-hydrogen) atoms. The van der Waals surface area contributed by atoms with Crippen molar-refractivity contribution in [2.24, 2.45) is 0 Å². The molecule has 1 amide bonds. The first-order valence-electron chi connectivity index (χ1n) is 7.43. The normalized spacial score (nSPS) is 10.8. The zero-order valence-corrected chi connectivity index (χ0v) is 14.5. The van der Waals surface area contributed by atoms with Gasteiger partial charge >= 0.3 is 0 Å². The Hall–Kier alpha value is -1.99.